The number of rotatable bonds is 3. The van der Waals surface area contributed by atoms with Gasteiger partial charge in [0, 0.05) is 5.02 Å². The van der Waals surface area contributed by atoms with Crippen molar-refractivity contribution in [2.24, 2.45) is 5.73 Å². The highest BCUT2D eigenvalue weighted by Crippen LogP contribution is 2.33. The van der Waals surface area contributed by atoms with Crippen LogP contribution in [0.5, 0.6) is 0 Å². The zero-order valence-corrected chi connectivity index (χ0v) is 9.98. The highest BCUT2D eigenvalue weighted by atomic mass is 35.5. The van der Waals surface area contributed by atoms with Gasteiger partial charge in [0.2, 0.25) is 0 Å². The zero-order valence-electron chi connectivity index (χ0n) is 9.22. The Bertz CT molecular complexity index is 360. The molecule has 1 aliphatic carbocycles. The van der Waals surface area contributed by atoms with Crippen molar-refractivity contribution in [3.63, 3.8) is 0 Å². The molecular formula is C13H18ClN. The summed E-state index contributed by atoms with van der Waals surface area (Å²) in [4.78, 5) is 0. The molecule has 0 saturated carbocycles. The quantitative estimate of drug-likeness (QED) is 0.836. The van der Waals surface area contributed by atoms with Crippen LogP contribution < -0.4 is 5.73 Å². The minimum absolute atomic E-state index is 0.526. The van der Waals surface area contributed by atoms with E-state index in [2.05, 4.69) is 19.1 Å². The van der Waals surface area contributed by atoms with E-state index in [1.165, 1.54) is 29.5 Å². The van der Waals surface area contributed by atoms with E-state index in [1.54, 1.807) is 0 Å². The molecule has 0 fully saturated rings. The molecular weight excluding hydrogens is 206 g/mol. The molecule has 0 bridgehead atoms. The number of hydrogen-bond acceptors (Lipinski definition) is 1. The van der Waals surface area contributed by atoms with Crippen molar-refractivity contribution in [2.75, 3.05) is 6.54 Å². The van der Waals surface area contributed by atoms with Gasteiger partial charge in [-0.1, -0.05) is 24.6 Å². The Morgan fingerprint density at radius 2 is 2.20 bits per heavy atom. The summed E-state index contributed by atoms with van der Waals surface area (Å²) < 4.78 is 0. The standard InChI is InChI=1S/C13H18ClN/c1-9(5-6-15)11-7-10-3-2-4-12(10)13(14)8-11/h7-9H,2-6,15H2,1H3. The number of benzene rings is 1. The van der Waals surface area contributed by atoms with E-state index in [0.717, 1.165) is 24.4 Å². The molecule has 2 N–H and O–H groups in total. The summed E-state index contributed by atoms with van der Waals surface area (Å²) in [5.41, 5.74) is 9.77. The number of aryl methyl sites for hydroxylation is 1. The van der Waals surface area contributed by atoms with E-state index in [0.29, 0.717) is 5.92 Å². The second-order valence-corrected chi connectivity index (χ2v) is 4.88. The van der Waals surface area contributed by atoms with E-state index in [9.17, 15) is 0 Å². The fraction of sp³-hybridized carbons (Fsp3) is 0.538. The molecule has 1 nitrogen and oxygen atoms in total. The van der Waals surface area contributed by atoms with E-state index in [4.69, 9.17) is 17.3 Å². The maximum absolute atomic E-state index is 6.29. The summed E-state index contributed by atoms with van der Waals surface area (Å²) in [7, 11) is 0. The number of hydrogen-bond donors (Lipinski definition) is 1. The minimum atomic E-state index is 0.526. The van der Waals surface area contributed by atoms with Crippen LogP contribution in [0.3, 0.4) is 0 Å². The van der Waals surface area contributed by atoms with Gasteiger partial charge in [0.25, 0.3) is 0 Å². The van der Waals surface area contributed by atoms with Crippen molar-refractivity contribution in [1.29, 1.82) is 0 Å². The molecule has 82 valence electrons. The molecule has 0 spiro atoms. The fourth-order valence-corrected chi connectivity index (χ4v) is 2.72. The van der Waals surface area contributed by atoms with Crippen LogP contribution >= 0.6 is 11.6 Å². The summed E-state index contributed by atoms with van der Waals surface area (Å²) in [6, 6.07) is 4.46. The molecule has 0 radical (unpaired) electrons. The van der Waals surface area contributed by atoms with Crippen LogP contribution in [0.1, 0.15) is 42.4 Å². The fourth-order valence-electron chi connectivity index (χ4n) is 2.38. The highest BCUT2D eigenvalue weighted by molar-refractivity contribution is 6.31. The molecule has 1 aromatic rings. The molecule has 0 heterocycles. The van der Waals surface area contributed by atoms with Gasteiger partial charge in [-0.25, -0.2) is 0 Å². The lowest BCUT2D eigenvalue weighted by molar-refractivity contribution is 0.689. The Hall–Kier alpha value is -0.530. The number of halogens is 1. The third-order valence-corrected chi connectivity index (χ3v) is 3.69. The van der Waals surface area contributed by atoms with Gasteiger partial charge in [-0.15, -0.1) is 0 Å². The lowest BCUT2D eigenvalue weighted by atomic mass is 9.94. The topological polar surface area (TPSA) is 26.0 Å². The Kier molecular flexibility index (Phi) is 3.32. The van der Waals surface area contributed by atoms with Gasteiger partial charge in [-0.3, -0.25) is 0 Å². The summed E-state index contributed by atoms with van der Waals surface area (Å²) >= 11 is 6.29. The monoisotopic (exact) mass is 223 g/mol. The number of nitrogens with two attached hydrogens (primary N) is 1. The summed E-state index contributed by atoms with van der Waals surface area (Å²) in [5, 5.41) is 0.962. The van der Waals surface area contributed by atoms with Crippen molar-refractivity contribution in [2.45, 2.75) is 38.5 Å². The molecule has 2 heteroatoms. The first-order chi connectivity index (χ1) is 7.22. The van der Waals surface area contributed by atoms with Crippen LogP contribution in [0, 0.1) is 0 Å². The van der Waals surface area contributed by atoms with Gasteiger partial charge in [0.05, 0.1) is 0 Å². The average molecular weight is 224 g/mol. The Morgan fingerprint density at radius 1 is 1.40 bits per heavy atom. The maximum atomic E-state index is 6.29. The van der Waals surface area contributed by atoms with Crippen LogP contribution in [-0.2, 0) is 12.8 Å². The first-order valence-electron chi connectivity index (χ1n) is 5.73. The predicted molar refractivity (Wildman–Crippen MR) is 65.6 cm³/mol. The Morgan fingerprint density at radius 3 is 2.93 bits per heavy atom. The van der Waals surface area contributed by atoms with Crippen molar-refractivity contribution in [1.82, 2.24) is 0 Å². The van der Waals surface area contributed by atoms with Gasteiger partial charge >= 0.3 is 0 Å². The van der Waals surface area contributed by atoms with Crippen LogP contribution in [-0.4, -0.2) is 6.54 Å². The van der Waals surface area contributed by atoms with E-state index in [-0.39, 0.29) is 0 Å². The van der Waals surface area contributed by atoms with Gasteiger partial charge in [0.1, 0.15) is 0 Å². The van der Waals surface area contributed by atoms with Gasteiger partial charge < -0.3 is 5.73 Å². The molecule has 0 aromatic heterocycles. The number of fused-ring (bicyclic) bond motifs is 1. The second kappa shape index (κ2) is 4.54. The largest absolute Gasteiger partial charge is 0.330 e. The van der Waals surface area contributed by atoms with E-state index < -0.39 is 0 Å². The first-order valence-corrected chi connectivity index (χ1v) is 6.11. The first kappa shape index (κ1) is 11.0. The Balaban J connectivity index is 2.30. The van der Waals surface area contributed by atoms with E-state index >= 15 is 0 Å². The average Bonchev–Trinajstić information content (AvgIpc) is 2.66. The van der Waals surface area contributed by atoms with Crippen LogP contribution in [0.25, 0.3) is 0 Å². The zero-order chi connectivity index (χ0) is 10.8. The molecule has 0 aliphatic heterocycles. The normalized spacial score (nSPS) is 16.5. The lowest BCUT2D eigenvalue weighted by Crippen LogP contribution is -2.05. The third-order valence-electron chi connectivity index (χ3n) is 3.35. The highest BCUT2D eigenvalue weighted by Gasteiger charge is 2.16. The summed E-state index contributed by atoms with van der Waals surface area (Å²) in [5.74, 6) is 0.526. The molecule has 1 atom stereocenters. The molecule has 1 unspecified atom stereocenters. The van der Waals surface area contributed by atoms with E-state index in [1.807, 2.05) is 0 Å². The van der Waals surface area contributed by atoms with Crippen LogP contribution in [0.2, 0.25) is 5.02 Å². The smallest absolute Gasteiger partial charge is 0.0443 e. The van der Waals surface area contributed by atoms with Crippen molar-refractivity contribution in [3.05, 3.63) is 33.8 Å². The molecule has 1 aromatic carbocycles. The lowest BCUT2D eigenvalue weighted by Gasteiger charge is -2.13. The second-order valence-electron chi connectivity index (χ2n) is 4.47. The third kappa shape index (κ3) is 2.19. The van der Waals surface area contributed by atoms with Gasteiger partial charge in [-0.05, 0) is 60.9 Å². The van der Waals surface area contributed by atoms with Gasteiger partial charge in [-0.2, -0.15) is 0 Å². The Labute approximate surface area is 96.6 Å². The van der Waals surface area contributed by atoms with Crippen LogP contribution in [0.15, 0.2) is 12.1 Å². The van der Waals surface area contributed by atoms with Crippen molar-refractivity contribution < 1.29 is 0 Å². The minimum Gasteiger partial charge on any atom is -0.330 e. The van der Waals surface area contributed by atoms with Crippen molar-refractivity contribution in [3.8, 4) is 0 Å². The summed E-state index contributed by atoms with van der Waals surface area (Å²) in [6.45, 7) is 2.97. The molecule has 2 rings (SSSR count). The van der Waals surface area contributed by atoms with Gasteiger partial charge in [0.15, 0.2) is 0 Å². The van der Waals surface area contributed by atoms with Crippen LogP contribution in [0.4, 0.5) is 0 Å². The molecule has 0 saturated heterocycles. The molecule has 0 amide bonds. The maximum Gasteiger partial charge on any atom is 0.0443 e. The predicted octanol–water partition coefficient (Wildman–Crippen LogP) is 3.28. The molecule has 15 heavy (non-hydrogen) atoms. The van der Waals surface area contributed by atoms with Crippen molar-refractivity contribution >= 4 is 11.6 Å². The molecule has 1 aliphatic rings. The SMILES string of the molecule is CC(CCN)c1cc(Cl)c2c(c1)CCC2. The summed E-state index contributed by atoms with van der Waals surface area (Å²) in [6.07, 6.45) is 4.64.